The molecule has 1 aliphatic rings. The molecule has 0 aliphatic carbocycles. The first-order valence-corrected chi connectivity index (χ1v) is 6.30. The van der Waals surface area contributed by atoms with Gasteiger partial charge in [0.2, 0.25) is 5.91 Å². The van der Waals surface area contributed by atoms with Crippen molar-refractivity contribution in [3.63, 3.8) is 0 Å². The Balaban J connectivity index is 2.41. The molecule has 1 aliphatic heterocycles. The summed E-state index contributed by atoms with van der Waals surface area (Å²) in [6.07, 6.45) is 0. The third-order valence-corrected chi connectivity index (χ3v) is 3.18. The van der Waals surface area contributed by atoms with Gasteiger partial charge < -0.3 is 10.2 Å². The summed E-state index contributed by atoms with van der Waals surface area (Å²) in [6, 6.07) is 3.07. The first-order valence-electron chi connectivity index (χ1n) is 5.51. The lowest BCUT2D eigenvalue weighted by Gasteiger charge is -2.32. The highest BCUT2D eigenvalue weighted by molar-refractivity contribution is 9.10. The van der Waals surface area contributed by atoms with Crippen molar-refractivity contribution in [1.29, 1.82) is 0 Å². The summed E-state index contributed by atoms with van der Waals surface area (Å²) in [4.78, 5) is 13.5. The lowest BCUT2D eigenvalue weighted by atomic mass is 10.1. The predicted octanol–water partition coefficient (Wildman–Crippen LogP) is 3.00. The maximum absolute atomic E-state index is 13.4. The number of halogens is 2. The summed E-state index contributed by atoms with van der Waals surface area (Å²) in [6.45, 7) is 5.28. The molecule has 0 atom stereocenters. The summed E-state index contributed by atoms with van der Waals surface area (Å²) in [5.41, 5.74) is 1.41. The summed E-state index contributed by atoms with van der Waals surface area (Å²) >= 11 is 3.17. The van der Waals surface area contributed by atoms with E-state index in [0.717, 1.165) is 12.2 Å². The van der Waals surface area contributed by atoms with Crippen molar-refractivity contribution in [2.45, 2.75) is 13.8 Å². The van der Waals surface area contributed by atoms with Gasteiger partial charge >= 0.3 is 0 Å². The number of benzene rings is 1. The Morgan fingerprint density at radius 2 is 2.24 bits per heavy atom. The minimum absolute atomic E-state index is 0.0973. The minimum Gasteiger partial charge on any atom is -0.360 e. The summed E-state index contributed by atoms with van der Waals surface area (Å²) < 4.78 is 13.8. The number of nitrogens with zero attached hydrogens (tertiary/aromatic N) is 1. The molecule has 0 fully saturated rings. The molecule has 0 spiro atoms. The Kier molecular flexibility index (Phi) is 3.38. The normalized spacial score (nSPS) is 14.9. The quantitative estimate of drug-likeness (QED) is 0.910. The first-order chi connectivity index (χ1) is 7.97. The average Bonchev–Trinajstić information content (AvgIpc) is 2.20. The lowest BCUT2D eigenvalue weighted by molar-refractivity contribution is -0.115. The summed E-state index contributed by atoms with van der Waals surface area (Å²) in [5, 5.41) is 2.69. The molecule has 92 valence electrons. The minimum atomic E-state index is -0.365. The second-order valence-electron chi connectivity index (χ2n) is 4.61. The SMILES string of the molecule is CC(C)CN1CC(=O)Nc2cc(F)c(Br)cc21. The van der Waals surface area contributed by atoms with E-state index >= 15 is 0 Å². The third-order valence-electron chi connectivity index (χ3n) is 2.57. The van der Waals surface area contributed by atoms with E-state index in [-0.39, 0.29) is 11.7 Å². The van der Waals surface area contributed by atoms with Crippen LogP contribution in [0.5, 0.6) is 0 Å². The zero-order valence-corrected chi connectivity index (χ0v) is 11.3. The molecular weight excluding hydrogens is 287 g/mol. The van der Waals surface area contributed by atoms with E-state index in [0.29, 0.717) is 22.6 Å². The molecule has 1 amide bonds. The molecule has 1 N–H and O–H groups in total. The highest BCUT2D eigenvalue weighted by Crippen LogP contribution is 2.34. The van der Waals surface area contributed by atoms with Crippen molar-refractivity contribution in [3.8, 4) is 0 Å². The van der Waals surface area contributed by atoms with Crippen LogP contribution in [0.15, 0.2) is 16.6 Å². The Morgan fingerprint density at radius 1 is 1.53 bits per heavy atom. The van der Waals surface area contributed by atoms with Gasteiger partial charge in [0.15, 0.2) is 0 Å². The summed E-state index contributed by atoms with van der Waals surface area (Å²) in [5.74, 6) is -0.0205. The number of anilines is 2. The topological polar surface area (TPSA) is 32.3 Å². The van der Waals surface area contributed by atoms with Gasteiger partial charge in [0.1, 0.15) is 5.82 Å². The number of hydrogen-bond acceptors (Lipinski definition) is 2. The van der Waals surface area contributed by atoms with Crippen molar-refractivity contribution >= 4 is 33.2 Å². The van der Waals surface area contributed by atoms with Crippen molar-refractivity contribution in [3.05, 3.63) is 22.4 Å². The van der Waals surface area contributed by atoms with Gasteiger partial charge in [-0.15, -0.1) is 0 Å². The van der Waals surface area contributed by atoms with Crippen LogP contribution in [0.3, 0.4) is 0 Å². The smallest absolute Gasteiger partial charge is 0.243 e. The summed E-state index contributed by atoms with van der Waals surface area (Å²) in [7, 11) is 0. The van der Waals surface area contributed by atoms with Crippen molar-refractivity contribution in [1.82, 2.24) is 0 Å². The number of hydrogen-bond donors (Lipinski definition) is 1. The highest BCUT2D eigenvalue weighted by atomic mass is 79.9. The molecule has 5 heteroatoms. The van der Waals surface area contributed by atoms with Crippen LogP contribution in [0, 0.1) is 11.7 Å². The number of nitrogens with one attached hydrogen (secondary N) is 1. The molecule has 0 unspecified atom stereocenters. The standard InChI is InChI=1S/C12H14BrFN2O/c1-7(2)5-16-6-12(17)15-10-4-9(14)8(13)3-11(10)16/h3-4,7H,5-6H2,1-2H3,(H,15,17). The van der Waals surface area contributed by atoms with E-state index in [2.05, 4.69) is 35.1 Å². The van der Waals surface area contributed by atoms with E-state index in [4.69, 9.17) is 0 Å². The molecule has 0 radical (unpaired) electrons. The molecule has 0 aromatic heterocycles. The maximum Gasteiger partial charge on any atom is 0.243 e. The zero-order valence-electron chi connectivity index (χ0n) is 9.76. The molecule has 0 saturated carbocycles. The molecule has 0 bridgehead atoms. The van der Waals surface area contributed by atoms with Crippen LogP contribution in [-0.4, -0.2) is 19.0 Å². The van der Waals surface area contributed by atoms with Gasteiger partial charge in [0, 0.05) is 12.6 Å². The highest BCUT2D eigenvalue weighted by Gasteiger charge is 2.23. The third kappa shape index (κ3) is 2.60. The van der Waals surface area contributed by atoms with E-state index in [1.807, 2.05) is 4.90 Å². The van der Waals surface area contributed by atoms with Gasteiger partial charge in [-0.25, -0.2) is 4.39 Å². The fraction of sp³-hybridized carbons (Fsp3) is 0.417. The molecular formula is C12H14BrFN2O. The van der Waals surface area contributed by atoms with Crippen LogP contribution in [0.1, 0.15) is 13.8 Å². The largest absolute Gasteiger partial charge is 0.360 e. The monoisotopic (exact) mass is 300 g/mol. The molecule has 2 rings (SSSR count). The molecule has 1 aromatic carbocycles. The van der Waals surface area contributed by atoms with E-state index in [1.54, 1.807) is 6.07 Å². The molecule has 3 nitrogen and oxygen atoms in total. The Bertz CT molecular complexity index is 462. The van der Waals surface area contributed by atoms with Gasteiger partial charge in [0.25, 0.3) is 0 Å². The van der Waals surface area contributed by atoms with Crippen LogP contribution in [0.4, 0.5) is 15.8 Å². The molecule has 1 heterocycles. The Morgan fingerprint density at radius 3 is 2.88 bits per heavy atom. The van der Waals surface area contributed by atoms with E-state index in [1.165, 1.54) is 6.07 Å². The molecule has 1 aromatic rings. The second kappa shape index (κ2) is 4.64. The average molecular weight is 301 g/mol. The van der Waals surface area contributed by atoms with Crippen molar-refractivity contribution in [2.75, 3.05) is 23.3 Å². The van der Waals surface area contributed by atoms with Crippen LogP contribution < -0.4 is 10.2 Å². The van der Waals surface area contributed by atoms with Gasteiger partial charge in [-0.2, -0.15) is 0 Å². The van der Waals surface area contributed by atoms with Crippen molar-refractivity contribution < 1.29 is 9.18 Å². The lowest BCUT2D eigenvalue weighted by Crippen LogP contribution is -2.40. The fourth-order valence-corrected chi connectivity index (χ4v) is 2.28. The van der Waals surface area contributed by atoms with Gasteiger partial charge in [0.05, 0.1) is 22.4 Å². The van der Waals surface area contributed by atoms with Crippen LogP contribution in [0.2, 0.25) is 0 Å². The second-order valence-corrected chi connectivity index (χ2v) is 5.46. The van der Waals surface area contributed by atoms with Gasteiger partial charge in [-0.3, -0.25) is 4.79 Å². The number of amides is 1. The van der Waals surface area contributed by atoms with Crippen LogP contribution in [-0.2, 0) is 4.79 Å². The predicted molar refractivity (Wildman–Crippen MR) is 69.8 cm³/mol. The number of fused-ring (bicyclic) bond motifs is 1. The van der Waals surface area contributed by atoms with Gasteiger partial charge in [-0.05, 0) is 27.9 Å². The number of carbonyl (C=O) groups is 1. The van der Waals surface area contributed by atoms with Crippen LogP contribution in [0.25, 0.3) is 0 Å². The maximum atomic E-state index is 13.4. The molecule has 0 saturated heterocycles. The van der Waals surface area contributed by atoms with E-state index in [9.17, 15) is 9.18 Å². The first kappa shape index (κ1) is 12.4. The number of rotatable bonds is 2. The Labute approximate surface area is 108 Å². The number of carbonyl (C=O) groups excluding carboxylic acids is 1. The fourth-order valence-electron chi connectivity index (χ4n) is 1.95. The Hall–Kier alpha value is -1.10. The van der Waals surface area contributed by atoms with Gasteiger partial charge in [-0.1, -0.05) is 13.8 Å². The molecule has 17 heavy (non-hydrogen) atoms. The zero-order chi connectivity index (χ0) is 12.6. The van der Waals surface area contributed by atoms with E-state index < -0.39 is 0 Å². The van der Waals surface area contributed by atoms with Crippen molar-refractivity contribution in [2.24, 2.45) is 5.92 Å². The van der Waals surface area contributed by atoms with Crippen LogP contribution >= 0.6 is 15.9 Å².